The molecule has 0 spiro atoms. The predicted octanol–water partition coefficient (Wildman–Crippen LogP) is 0.0445. The molecule has 1 aromatic carbocycles. The molecule has 1 aromatic rings. The van der Waals surface area contributed by atoms with Gasteiger partial charge >= 0.3 is 0 Å². The van der Waals surface area contributed by atoms with Crippen LogP contribution in [0, 0.1) is 5.82 Å². The van der Waals surface area contributed by atoms with Gasteiger partial charge in [-0.1, -0.05) is 0 Å². The van der Waals surface area contributed by atoms with E-state index in [2.05, 4.69) is 10.6 Å². The van der Waals surface area contributed by atoms with Gasteiger partial charge in [0.25, 0.3) is 0 Å². The summed E-state index contributed by atoms with van der Waals surface area (Å²) >= 11 is 0. The monoisotopic (exact) mass is 336 g/mol. The SMILES string of the molecule is CC(=O)N1CCN(CC(=O)NCC(=O)Nc2ccc(F)cc2)CC1. The number of halogens is 1. The quantitative estimate of drug-likeness (QED) is 0.796. The molecule has 0 saturated carbocycles. The highest BCUT2D eigenvalue weighted by molar-refractivity contribution is 5.94. The average Bonchev–Trinajstić information content (AvgIpc) is 2.55. The summed E-state index contributed by atoms with van der Waals surface area (Å²) < 4.78 is 12.8. The van der Waals surface area contributed by atoms with Crippen molar-refractivity contribution in [1.29, 1.82) is 0 Å². The van der Waals surface area contributed by atoms with E-state index >= 15 is 0 Å². The predicted molar refractivity (Wildman–Crippen MR) is 86.7 cm³/mol. The fraction of sp³-hybridized carbons (Fsp3) is 0.438. The number of carbonyl (C=O) groups excluding carboxylic acids is 3. The molecular formula is C16H21FN4O3. The number of benzene rings is 1. The lowest BCUT2D eigenvalue weighted by Crippen LogP contribution is -2.51. The lowest BCUT2D eigenvalue weighted by atomic mass is 10.3. The Balaban J connectivity index is 1.67. The summed E-state index contributed by atoms with van der Waals surface area (Å²) in [5, 5.41) is 5.12. The van der Waals surface area contributed by atoms with Gasteiger partial charge in [-0.05, 0) is 24.3 Å². The number of hydrogen-bond acceptors (Lipinski definition) is 4. The van der Waals surface area contributed by atoms with Gasteiger partial charge < -0.3 is 15.5 Å². The molecule has 0 unspecified atom stereocenters. The maximum Gasteiger partial charge on any atom is 0.243 e. The van der Waals surface area contributed by atoms with Crippen molar-refractivity contribution >= 4 is 23.4 Å². The van der Waals surface area contributed by atoms with Crippen LogP contribution < -0.4 is 10.6 Å². The Hall–Kier alpha value is -2.48. The highest BCUT2D eigenvalue weighted by Crippen LogP contribution is 2.07. The number of nitrogens with one attached hydrogen (secondary N) is 2. The van der Waals surface area contributed by atoms with Crippen molar-refractivity contribution in [1.82, 2.24) is 15.1 Å². The molecular weight excluding hydrogens is 315 g/mol. The van der Waals surface area contributed by atoms with Crippen LogP contribution in [0.4, 0.5) is 10.1 Å². The zero-order valence-electron chi connectivity index (χ0n) is 13.5. The Labute approximate surface area is 139 Å². The van der Waals surface area contributed by atoms with Crippen LogP contribution in [0.1, 0.15) is 6.92 Å². The molecule has 1 heterocycles. The standard InChI is InChI=1S/C16H21FN4O3/c1-12(22)21-8-6-20(7-9-21)11-16(24)18-10-15(23)19-14-4-2-13(17)3-5-14/h2-5H,6-11H2,1H3,(H,18,24)(H,19,23). The molecule has 24 heavy (non-hydrogen) atoms. The summed E-state index contributed by atoms with van der Waals surface area (Å²) in [6, 6.07) is 5.39. The summed E-state index contributed by atoms with van der Waals surface area (Å²) in [4.78, 5) is 38.5. The van der Waals surface area contributed by atoms with E-state index in [4.69, 9.17) is 0 Å². The van der Waals surface area contributed by atoms with E-state index in [1.54, 1.807) is 4.90 Å². The number of amides is 3. The first-order valence-corrected chi connectivity index (χ1v) is 7.74. The largest absolute Gasteiger partial charge is 0.346 e. The van der Waals surface area contributed by atoms with Crippen molar-refractivity contribution in [2.75, 3.05) is 44.6 Å². The summed E-state index contributed by atoms with van der Waals surface area (Å²) in [5.74, 6) is -0.973. The Morgan fingerprint density at radius 3 is 2.25 bits per heavy atom. The highest BCUT2D eigenvalue weighted by atomic mass is 19.1. The van der Waals surface area contributed by atoms with Crippen molar-refractivity contribution in [2.24, 2.45) is 0 Å². The maximum absolute atomic E-state index is 12.8. The third-order valence-electron chi connectivity index (χ3n) is 3.76. The maximum atomic E-state index is 12.8. The number of anilines is 1. The first-order valence-electron chi connectivity index (χ1n) is 7.74. The smallest absolute Gasteiger partial charge is 0.243 e. The van der Waals surface area contributed by atoms with Crippen molar-refractivity contribution in [3.8, 4) is 0 Å². The van der Waals surface area contributed by atoms with E-state index in [1.165, 1.54) is 31.2 Å². The molecule has 1 fully saturated rings. The van der Waals surface area contributed by atoms with Crippen LogP contribution in [0.2, 0.25) is 0 Å². The number of carbonyl (C=O) groups is 3. The molecule has 2 N–H and O–H groups in total. The van der Waals surface area contributed by atoms with Gasteiger partial charge in [0.15, 0.2) is 0 Å². The topological polar surface area (TPSA) is 81.8 Å². The van der Waals surface area contributed by atoms with E-state index in [0.29, 0.717) is 31.9 Å². The lowest BCUT2D eigenvalue weighted by Gasteiger charge is -2.33. The molecule has 1 aliphatic rings. The van der Waals surface area contributed by atoms with Crippen molar-refractivity contribution in [3.05, 3.63) is 30.1 Å². The van der Waals surface area contributed by atoms with Gasteiger partial charge in [-0.15, -0.1) is 0 Å². The fourth-order valence-electron chi connectivity index (χ4n) is 2.40. The Kier molecular flexibility index (Phi) is 6.25. The van der Waals surface area contributed by atoms with Crippen molar-refractivity contribution in [2.45, 2.75) is 6.92 Å². The number of piperazine rings is 1. The Morgan fingerprint density at radius 1 is 1.04 bits per heavy atom. The molecule has 0 aromatic heterocycles. The van der Waals surface area contributed by atoms with E-state index in [9.17, 15) is 18.8 Å². The van der Waals surface area contributed by atoms with Crippen LogP contribution in [0.5, 0.6) is 0 Å². The summed E-state index contributed by atoms with van der Waals surface area (Å²) in [6.45, 7) is 4.05. The lowest BCUT2D eigenvalue weighted by molar-refractivity contribution is -0.131. The minimum Gasteiger partial charge on any atom is -0.346 e. The molecule has 3 amide bonds. The van der Waals surface area contributed by atoms with Crippen LogP contribution in [0.25, 0.3) is 0 Å². The van der Waals surface area contributed by atoms with Crippen molar-refractivity contribution in [3.63, 3.8) is 0 Å². The van der Waals surface area contributed by atoms with Gasteiger partial charge in [-0.3, -0.25) is 19.3 Å². The molecule has 0 radical (unpaired) electrons. The van der Waals surface area contributed by atoms with Crippen LogP contribution in [0.15, 0.2) is 24.3 Å². The second kappa shape index (κ2) is 8.39. The van der Waals surface area contributed by atoms with E-state index in [1.807, 2.05) is 4.90 Å². The van der Waals surface area contributed by atoms with E-state index < -0.39 is 0 Å². The normalized spacial score (nSPS) is 15.0. The molecule has 8 heteroatoms. The first-order chi connectivity index (χ1) is 11.4. The zero-order chi connectivity index (χ0) is 17.5. The molecule has 7 nitrogen and oxygen atoms in total. The van der Waals surface area contributed by atoms with Gasteiger partial charge in [0, 0.05) is 38.8 Å². The number of rotatable bonds is 5. The van der Waals surface area contributed by atoms with Gasteiger partial charge in [-0.25, -0.2) is 4.39 Å². The summed E-state index contributed by atoms with van der Waals surface area (Å²) in [5.41, 5.74) is 0.469. The van der Waals surface area contributed by atoms with Gasteiger partial charge in [0.05, 0.1) is 13.1 Å². The third-order valence-corrected chi connectivity index (χ3v) is 3.76. The molecule has 0 atom stereocenters. The first kappa shape index (κ1) is 17.9. The minimum atomic E-state index is -0.383. The Bertz CT molecular complexity index is 598. The minimum absolute atomic E-state index is 0.0385. The van der Waals surface area contributed by atoms with Gasteiger partial charge in [0.1, 0.15) is 5.82 Å². The number of nitrogens with zero attached hydrogens (tertiary/aromatic N) is 2. The highest BCUT2D eigenvalue weighted by Gasteiger charge is 2.20. The Morgan fingerprint density at radius 2 is 1.67 bits per heavy atom. The second-order valence-electron chi connectivity index (χ2n) is 5.61. The molecule has 1 aliphatic heterocycles. The average molecular weight is 336 g/mol. The summed E-state index contributed by atoms with van der Waals surface area (Å²) in [6.07, 6.45) is 0. The molecule has 2 rings (SSSR count). The van der Waals surface area contributed by atoms with Gasteiger partial charge in [-0.2, -0.15) is 0 Å². The molecule has 0 aliphatic carbocycles. The van der Waals surface area contributed by atoms with Gasteiger partial charge in [0.2, 0.25) is 17.7 Å². The third kappa shape index (κ3) is 5.62. The van der Waals surface area contributed by atoms with Crippen LogP contribution in [-0.4, -0.2) is 66.8 Å². The van der Waals surface area contributed by atoms with Crippen molar-refractivity contribution < 1.29 is 18.8 Å². The van der Waals surface area contributed by atoms with E-state index in [0.717, 1.165) is 0 Å². The molecule has 0 bridgehead atoms. The second-order valence-corrected chi connectivity index (χ2v) is 5.61. The molecule has 1 saturated heterocycles. The molecule has 130 valence electrons. The van der Waals surface area contributed by atoms with Crippen LogP contribution in [-0.2, 0) is 14.4 Å². The zero-order valence-corrected chi connectivity index (χ0v) is 13.5. The number of hydrogen-bond donors (Lipinski definition) is 2. The van der Waals surface area contributed by atoms with Crippen LogP contribution in [0.3, 0.4) is 0 Å². The fourth-order valence-corrected chi connectivity index (χ4v) is 2.40. The van der Waals surface area contributed by atoms with Crippen LogP contribution >= 0.6 is 0 Å². The summed E-state index contributed by atoms with van der Waals surface area (Å²) in [7, 11) is 0. The van der Waals surface area contributed by atoms with E-state index in [-0.39, 0.29) is 36.6 Å².